The van der Waals surface area contributed by atoms with E-state index in [1.54, 1.807) is 18.2 Å². The summed E-state index contributed by atoms with van der Waals surface area (Å²) in [5, 5.41) is 3.88. The molecule has 0 fully saturated rings. The normalized spacial score (nSPS) is 10.4. The standard InChI is InChI=1S/C15H21Cl2NO3/c1-2-20-9-4-8-18-15(19)5-3-10-21-14-7-6-12(16)11-13(14)17/h6-7,11H,2-5,8-10H2,1H3,(H,18,19). The van der Waals surface area contributed by atoms with Crippen LogP contribution in [0.4, 0.5) is 0 Å². The second kappa shape index (κ2) is 10.7. The van der Waals surface area contributed by atoms with Crippen molar-refractivity contribution in [2.45, 2.75) is 26.2 Å². The van der Waals surface area contributed by atoms with E-state index in [9.17, 15) is 4.79 Å². The van der Waals surface area contributed by atoms with Crippen LogP contribution in [-0.2, 0) is 9.53 Å². The first-order chi connectivity index (χ1) is 10.1. The molecule has 1 aromatic carbocycles. The summed E-state index contributed by atoms with van der Waals surface area (Å²) < 4.78 is 10.7. The molecule has 6 heteroatoms. The number of halogens is 2. The van der Waals surface area contributed by atoms with Crippen molar-refractivity contribution < 1.29 is 14.3 Å². The predicted octanol–water partition coefficient (Wildman–Crippen LogP) is 3.70. The van der Waals surface area contributed by atoms with E-state index in [1.165, 1.54) is 0 Å². The molecule has 0 saturated heterocycles. The van der Waals surface area contributed by atoms with Crippen molar-refractivity contribution in [3.8, 4) is 5.75 Å². The van der Waals surface area contributed by atoms with Crippen LogP contribution in [0.5, 0.6) is 5.75 Å². The Kier molecular flexibility index (Phi) is 9.22. The fourth-order valence-corrected chi connectivity index (χ4v) is 2.10. The topological polar surface area (TPSA) is 47.6 Å². The largest absolute Gasteiger partial charge is 0.492 e. The van der Waals surface area contributed by atoms with Crippen molar-refractivity contribution in [2.24, 2.45) is 0 Å². The molecule has 4 nitrogen and oxygen atoms in total. The van der Waals surface area contributed by atoms with Gasteiger partial charge in [-0.15, -0.1) is 0 Å². The van der Waals surface area contributed by atoms with Crippen LogP contribution in [0.2, 0.25) is 10.0 Å². The number of nitrogens with one attached hydrogen (secondary N) is 1. The van der Waals surface area contributed by atoms with Gasteiger partial charge in [-0.2, -0.15) is 0 Å². The molecule has 1 aromatic rings. The lowest BCUT2D eigenvalue weighted by molar-refractivity contribution is -0.121. The van der Waals surface area contributed by atoms with Gasteiger partial charge in [0.1, 0.15) is 5.75 Å². The Balaban J connectivity index is 2.09. The first-order valence-corrected chi connectivity index (χ1v) is 7.81. The maximum absolute atomic E-state index is 11.5. The van der Waals surface area contributed by atoms with Gasteiger partial charge in [0, 0.05) is 31.2 Å². The van der Waals surface area contributed by atoms with E-state index in [-0.39, 0.29) is 5.91 Å². The molecule has 0 saturated carbocycles. The molecule has 0 unspecified atom stereocenters. The van der Waals surface area contributed by atoms with E-state index in [1.807, 2.05) is 6.92 Å². The van der Waals surface area contributed by atoms with E-state index in [4.69, 9.17) is 32.7 Å². The molecule has 0 bridgehead atoms. The second-order valence-corrected chi connectivity index (χ2v) is 5.27. The molecule has 0 aliphatic carbocycles. The van der Waals surface area contributed by atoms with Gasteiger partial charge in [0.25, 0.3) is 0 Å². The van der Waals surface area contributed by atoms with Gasteiger partial charge in [0.2, 0.25) is 5.91 Å². The summed E-state index contributed by atoms with van der Waals surface area (Å²) in [6.07, 6.45) is 1.90. The van der Waals surface area contributed by atoms with Crippen molar-refractivity contribution in [2.75, 3.05) is 26.4 Å². The van der Waals surface area contributed by atoms with Gasteiger partial charge < -0.3 is 14.8 Å². The van der Waals surface area contributed by atoms with Crippen molar-refractivity contribution in [3.63, 3.8) is 0 Å². The van der Waals surface area contributed by atoms with Gasteiger partial charge in [-0.3, -0.25) is 4.79 Å². The summed E-state index contributed by atoms with van der Waals surface area (Å²) in [5.41, 5.74) is 0. The Bertz CT molecular complexity index is 441. The Labute approximate surface area is 135 Å². The van der Waals surface area contributed by atoms with Crippen molar-refractivity contribution in [1.29, 1.82) is 0 Å². The minimum absolute atomic E-state index is 0.0253. The molecule has 1 N–H and O–H groups in total. The van der Waals surface area contributed by atoms with Crippen LogP contribution in [0.3, 0.4) is 0 Å². The Hall–Kier alpha value is -0.970. The molecule has 0 heterocycles. The van der Waals surface area contributed by atoms with Crippen LogP contribution in [0, 0.1) is 0 Å². The molecule has 0 spiro atoms. The number of amides is 1. The Morgan fingerprint density at radius 3 is 2.76 bits per heavy atom. The highest BCUT2D eigenvalue weighted by molar-refractivity contribution is 6.35. The lowest BCUT2D eigenvalue weighted by atomic mass is 10.3. The second-order valence-electron chi connectivity index (χ2n) is 4.43. The Morgan fingerprint density at radius 2 is 2.05 bits per heavy atom. The monoisotopic (exact) mass is 333 g/mol. The van der Waals surface area contributed by atoms with Crippen LogP contribution >= 0.6 is 23.2 Å². The molecular formula is C15H21Cl2NO3. The summed E-state index contributed by atoms with van der Waals surface area (Å²) in [6, 6.07) is 5.07. The molecular weight excluding hydrogens is 313 g/mol. The number of hydrogen-bond donors (Lipinski definition) is 1. The molecule has 0 aliphatic heterocycles. The molecule has 1 rings (SSSR count). The molecule has 0 aromatic heterocycles. The van der Waals surface area contributed by atoms with Crippen molar-refractivity contribution in [3.05, 3.63) is 28.2 Å². The first-order valence-electron chi connectivity index (χ1n) is 7.05. The van der Waals surface area contributed by atoms with Crippen LogP contribution in [0.15, 0.2) is 18.2 Å². The number of carbonyl (C=O) groups is 1. The maximum Gasteiger partial charge on any atom is 0.220 e. The maximum atomic E-state index is 11.5. The molecule has 21 heavy (non-hydrogen) atoms. The third kappa shape index (κ3) is 8.15. The number of carbonyl (C=O) groups excluding carboxylic acids is 1. The van der Waals surface area contributed by atoms with Gasteiger partial charge in [-0.1, -0.05) is 23.2 Å². The van der Waals surface area contributed by atoms with E-state index in [2.05, 4.69) is 5.32 Å². The Morgan fingerprint density at radius 1 is 1.24 bits per heavy atom. The molecule has 0 aliphatic rings. The van der Waals surface area contributed by atoms with Gasteiger partial charge in [-0.25, -0.2) is 0 Å². The highest BCUT2D eigenvalue weighted by Crippen LogP contribution is 2.27. The van der Waals surface area contributed by atoms with Crippen molar-refractivity contribution in [1.82, 2.24) is 5.32 Å². The third-order valence-electron chi connectivity index (χ3n) is 2.69. The predicted molar refractivity (Wildman–Crippen MR) is 85.3 cm³/mol. The van der Waals surface area contributed by atoms with Crippen LogP contribution in [0.25, 0.3) is 0 Å². The van der Waals surface area contributed by atoms with E-state index < -0.39 is 0 Å². The van der Waals surface area contributed by atoms with E-state index in [0.717, 1.165) is 6.42 Å². The number of rotatable bonds is 10. The first kappa shape index (κ1) is 18.1. The van der Waals surface area contributed by atoms with E-state index >= 15 is 0 Å². The van der Waals surface area contributed by atoms with Crippen LogP contribution < -0.4 is 10.1 Å². The third-order valence-corrected chi connectivity index (χ3v) is 3.22. The average Bonchev–Trinajstić information content (AvgIpc) is 2.45. The average molecular weight is 334 g/mol. The minimum atomic E-state index is 0.0253. The summed E-state index contributed by atoms with van der Waals surface area (Å²) in [6.45, 7) is 4.41. The zero-order valence-corrected chi connectivity index (χ0v) is 13.7. The van der Waals surface area contributed by atoms with Crippen LogP contribution in [-0.4, -0.2) is 32.3 Å². The minimum Gasteiger partial charge on any atom is -0.492 e. The molecule has 0 atom stereocenters. The van der Waals surface area contributed by atoms with Gasteiger partial charge in [0.15, 0.2) is 0 Å². The number of hydrogen-bond acceptors (Lipinski definition) is 3. The lowest BCUT2D eigenvalue weighted by Crippen LogP contribution is -2.25. The summed E-state index contributed by atoms with van der Waals surface area (Å²) in [7, 11) is 0. The zero-order chi connectivity index (χ0) is 15.5. The number of benzene rings is 1. The van der Waals surface area contributed by atoms with Crippen molar-refractivity contribution >= 4 is 29.1 Å². The molecule has 1 amide bonds. The van der Waals surface area contributed by atoms with E-state index in [0.29, 0.717) is 55.0 Å². The summed E-state index contributed by atoms with van der Waals surface area (Å²) >= 11 is 11.8. The fourth-order valence-electron chi connectivity index (χ4n) is 1.64. The van der Waals surface area contributed by atoms with Gasteiger partial charge in [-0.05, 0) is 38.0 Å². The van der Waals surface area contributed by atoms with Crippen LogP contribution in [0.1, 0.15) is 26.2 Å². The molecule has 118 valence electrons. The fraction of sp³-hybridized carbons (Fsp3) is 0.533. The molecule has 0 radical (unpaired) electrons. The zero-order valence-electron chi connectivity index (χ0n) is 12.2. The van der Waals surface area contributed by atoms with Gasteiger partial charge >= 0.3 is 0 Å². The SMILES string of the molecule is CCOCCCNC(=O)CCCOc1ccc(Cl)cc1Cl. The highest BCUT2D eigenvalue weighted by Gasteiger charge is 2.04. The summed E-state index contributed by atoms with van der Waals surface area (Å²) in [5.74, 6) is 0.607. The summed E-state index contributed by atoms with van der Waals surface area (Å²) in [4.78, 5) is 11.5. The van der Waals surface area contributed by atoms with Gasteiger partial charge in [0.05, 0.1) is 11.6 Å². The lowest BCUT2D eigenvalue weighted by Gasteiger charge is -2.08. The quantitative estimate of drug-likeness (QED) is 0.664. The smallest absolute Gasteiger partial charge is 0.220 e. The number of ether oxygens (including phenoxy) is 2. The highest BCUT2D eigenvalue weighted by atomic mass is 35.5.